The summed E-state index contributed by atoms with van der Waals surface area (Å²) in [6, 6.07) is 6.24. The van der Waals surface area contributed by atoms with Crippen LogP contribution in [0.4, 0.5) is 0 Å². The van der Waals surface area contributed by atoms with Gasteiger partial charge in [-0.05, 0) is 37.0 Å². The molecule has 100 valence electrons. The molecule has 0 fully saturated rings. The standard InChI is InChI=1S/C15H22O3/c1-3-5-8-16-14(4-2)10-12-6-7-15-13(9-12)11-17-18-15/h6-7,9,14H,3-5,8,10-11H2,1-2H3. The van der Waals surface area contributed by atoms with Crippen LogP contribution in [0, 0.1) is 0 Å². The monoisotopic (exact) mass is 250 g/mol. The summed E-state index contributed by atoms with van der Waals surface area (Å²) in [5.41, 5.74) is 2.43. The second-order valence-electron chi connectivity index (χ2n) is 4.75. The Balaban J connectivity index is 1.90. The fourth-order valence-corrected chi connectivity index (χ4v) is 2.09. The third-order valence-corrected chi connectivity index (χ3v) is 3.26. The molecular formula is C15H22O3. The van der Waals surface area contributed by atoms with Gasteiger partial charge in [0, 0.05) is 12.2 Å². The van der Waals surface area contributed by atoms with Crippen molar-refractivity contribution in [3.8, 4) is 5.75 Å². The topological polar surface area (TPSA) is 27.7 Å². The predicted octanol–water partition coefficient (Wildman–Crippen LogP) is 3.65. The summed E-state index contributed by atoms with van der Waals surface area (Å²) in [6.07, 6.45) is 4.66. The normalized spacial score (nSPS) is 15.2. The van der Waals surface area contributed by atoms with Gasteiger partial charge in [-0.15, -0.1) is 0 Å². The molecule has 1 heterocycles. The minimum Gasteiger partial charge on any atom is -0.378 e. The molecule has 0 bridgehead atoms. The van der Waals surface area contributed by atoms with Crippen molar-refractivity contribution in [1.29, 1.82) is 0 Å². The van der Waals surface area contributed by atoms with Crippen molar-refractivity contribution in [3.05, 3.63) is 29.3 Å². The van der Waals surface area contributed by atoms with Crippen molar-refractivity contribution >= 4 is 0 Å². The SMILES string of the molecule is CCCCOC(CC)Cc1ccc2c(c1)COO2. The zero-order valence-electron chi connectivity index (χ0n) is 11.3. The Bertz CT molecular complexity index is 376. The average molecular weight is 250 g/mol. The van der Waals surface area contributed by atoms with Crippen molar-refractivity contribution in [1.82, 2.24) is 0 Å². The Morgan fingerprint density at radius 3 is 3.00 bits per heavy atom. The van der Waals surface area contributed by atoms with Crippen molar-refractivity contribution < 1.29 is 14.5 Å². The summed E-state index contributed by atoms with van der Waals surface area (Å²) in [5.74, 6) is 0.846. The maximum Gasteiger partial charge on any atom is 0.171 e. The van der Waals surface area contributed by atoms with Gasteiger partial charge in [-0.3, -0.25) is 0 Å². The summed E-state index contributed by atoms with van der Waals surface area (Å²) in [5, 5.41) is 0. The van der Waals surface area contributed by atoms with Crippen LogP contribution in [0.1, 0.15) is 44.2 Å². The minimum absolute atomic E-state index is 0.317. The molecule has 2 rings (SSSR count). The molecule has 0 saturated heterocycles. The summed E-state index contributed by atoms with van der Waals surface area (Å²) >= 11 is 0. The second-order valence-corrected chi connectivity index (χ2v) is 4.75. The Morgan fingerprint density at radius 1 is 1.33 bits per heavy atom. The van der Waals surface area contributed by atoms with E-state index in [-0.39, 0.29) is 0 Å². The highest BCUT2D eigenvalue weighted by Gasteiger charge is 2.15. The number of ether oxygens (including phenoxy) is 1. The number of fused-ring (bicyclic) bond motifs is 1. The highest BCUT2D eigenvalue weighted by atomic mass is 17.2. The number of hydrogen-bond donors (Lipinski definition) is 0. The lowest BCUT2D eigenvalue weighted by Gasteiger charge is -2.16. The van der Waals surface area contributed by atoms with Crippen LogP contribution >= 0.6 is 0 Å². The molecule has 1 atom stereocenters. The van der Waals surface area contributed by atoms with Gasteiger partial charge >= 0.3 is 0 Å². The van der Waals surface area contributed by atoms with E-state index in [1.54, 1.807) is 0 Å². The van der Waals surface area contributed by atoms with E-state index in [0.29, 0.717) is 12.7 Å². The van der Waals surface area contributed by atoms with Crippen molar-refractivity contribution in [2.75, 3.05) is 6.61 Å². The van der Waals surface area contributed by atoms with Gasteiger partial charge in [0.15, 0.2) is 5.75 Å². The fourth-order valence-electron chi connectivity index (χ4n) is 2.09. The van der Waals surface area contributed by atoms with E-state index >= 15 is 0 Å². The Morgan fingerprint density at radius 2 is 2.22 bits per heavy atom. The van der Waals surface area contributed by atoms with E-state index in [0.717, 1.165) is 37.2 Å². The van der Waals surface area contributed by atoms with Gasteiger partial charge < -0.3 is 9.62 Å². The van der Waals surface area contributed by atoms with E-state index < -0.39 is 0 Å². The molecule has 0 N–H and O–H groups in total. The number of rotatable bonds is 7. The average Bonchev–Trinajstić information content (AvgIpc) is 2.85. The molecule has 3 nitrogen and oxygen atoms in total. The van der Waals surface area contributed by atoms with Crippen molar-refractivity contribution in [2.45, 2.75) is 52.2 Å². The van der Waals surface area contributed by atoms with Gasteiger partial charge in [-0.1, -0.05) is 26.3 Å². The molecule has 0 aromatic heterocycles. The molecule has 3 heteroatoms. The molecule has 18 heavy (non-hydrogen) atoms. The summed E-state index contributed by atoms with van der Waals surface area (Å²) in [6.45, 7) is 5.78. The van der Waals surface area contributed by atoms with E-state index in [4.69, 9.17) is 14.5 Å². The lowest BCUT2D eigenvalue weighted by atomic mass is 10.0. The predicted molar refractivity (Wildman–Crippen MR) is 70.5 cm³/mol. The summed E-state index contributed by atoms with van der Waals surface area (Å²) in [7, 11) is 0. The molecule has 0 aliphatic carbocycles. The highest BCUT2D eigenvalue weighted by molar-refractivity contribution is 5.38. The molecule has 0 amide bonds. The molecule has 0 spiro atoms. The molecule has 1 aromatic rings. The molecule has 1 aromatic carbocycles. The smallest absolute Gasteiger partial charge is 0.171 e. The van der Waals surface area contributed by atoms with E-state index in [1.807, 2.05) is 6.07 Å². The van der Waals surface area contributed by atoms with Crippen LogP contribution in [0.5, 0.6) is 5.75 Å². The Labute approximate surface area is 109 Å². The van der Waals surface area contributed by atoms with Crippen molar-refractivity contribution in [3.63, 3.8) is 0 Å². The third kappa shape index (κ3) is 3.47. The zero-order valence-corrected chi connectivity index (χ0v) is 11.3. The van der Waals surface area contributed by atoms with Crippen LogP contribution in [-0.4, -0.2) is 12.7 Å². The Hall–Kier alpha value is -1.06. The molecule has 1 unspecified atom stereocenters. The van der Waals surface area contributed by atoms with Crippen LogP contribution < -0.4 is 4.89 Å². The fraction of sp³-hybridized carbons (Fsp3) is 0.600. The molecule has 0 saturated carbocycles. The third-order valence-electron chi connectivity index (χ3n) is 3.26. The maximum absolute atomic E-state index is 5.89. The first kappa shape index (κ1) is 13.4. The van der Waals surface area contributed by atoms with Crippen LogP contribution in [0.15, 0.2) is 18.2 Å². The largest absolute Gasteiger partial charge is 0.378 e. The Kier molecular flexibility index (Phi) is 5.02. The van der Waals surface area contributed by atoms with Gasteiger partial charge in [-0.25, -0.2) is 0 Å². The van der Waals surface area contributed by atoms with Gasteiger partial charge in [0.05, 0.1) is 6.10 Å². The van der Waals surface area contributed by atoms with Crippen LogP contribution in [0.2, 0.25) is 0 Å². The van der Waals surface area contributed by atoms with Crippen LogP contribution in [0.3, 0.4) is 0 Å². The quantitative estimate of drug-likeness (QED) is 0.546. The van der Waals surface area contributed by atoms with Gasteiger partial charge in [-0.2, -0.15) is 4.89 Å². The van der Waals surface area contributed by atoms with E-state index in [1.165, 1.54) is 12.0 Å². The highest BCUT2D eigenvalue weighted by Crippen LogP contribution is 2.27. The van der Waals surface area contributed by atoms with Crippen LogP contribution in [0.25, 0.3) is 0 Å². The van der Waals surface area contributed by atoms with Crippen LogP contribution in [-0.2, 0) is 22.7 Å². The summed E-state index contributed by atoms with van der Waals surface area (Å²) in [4.78, 5) is 9.98. The molecular weight excluding hydrogens is 228 g/mol. The van der Waals surface area contributed by atoms with Crippen molar-refractivity contribution in [2.24, 2.45) is 0 Å². The van der Waals surface area contributed by atoms with Gasteiger partial charge in [0.2, 0.25) is 0 Å². The zero-order chi connectivity index (χ0) is 12.8. The van der Waals surface area contributed by atoms with Gasteiger partial charge in [0.25, 0.3) is 0 Å². The maximum atomic E-state index is 5.89. The first-order valence-corrected chi connectivity index (χ1v) is 6.86. The lowest BCUT2D eigenvalue weighted by molar-refractivity contribution is -0.194. The second kappa shape index (κ2) is 6.76. The lowest BCUT2D eigenvalue weighted by Crippen LogP contribution is -2.15. The number of benzene rings is 1. The van der Waals surface area contributed by atoms with E-state index in [9.17, 15) is 0 Å². The number of unbranched alkanes of at least 4 members (excludes halogenated alkanes) is 1. The van der Waals surface area contributed by atoms with E-state index in [2.05, 4.69) is 26.0 Å². The minimum atomic E-state index is 0.317. The molecule has 0 radical (unpaired) electrons. The summed E-state index contributed by atoms with van der Waals surface area (Å²) < 4.78 is 5.89. The first-order valence-electron chi connectivity index (χ1n) is 6.86. The first-order chi connectivity index (χ1) is 8.83. The molecule has 1 aliphatic heterocycles. The number of hydrogen-bond acceptors (Lipinski definition) is 3. The molecule has 1 aliphatic rings. The van der Waals surface area contributed by atoms with Gasteiger partial charge in [0.1, 0.15) is 6.61 Å².